The van der Waals surface area contributed by atoms with Crippen molar-refractivity contribution in [3.8, 4) is 0 Å². The molecule has 0 aromatic rings. The molecule has 3 N–H and O–H groups in total. The Labute approximate surface area is 86.8 Å². The van der Waals surface area contributed by atoms with Crippen molar-refractivity contribution < 1.29 is 4.79 Å². The minimum absolute atomic E-state index is 0.135. The monoisotopic (exact) mass is 198 g/mol. The Morgan fingerprint density at radius 1 is 1.57 bits per heavy atom. The third-order valence-electron chi connectivity index (χ3n) is 2.19. The molecular weight excluding hydrogens is 176 g/mol. The second kappa shape index (κ2) is 8.75. The summed E-state index contributed by atoms with van der Waals surface area (Å²) in [5.74, 6) is 0.681. The molecule has 3 nitrogen and oxygen atoms in total. The number of nitrogens with two attached hydrogens (primary N) is 1. The molecule has 0 spiro atoms. The van der Waals surface area contributed by atoms with Crippen molar-refractivity contribution in [1.29, 1.82) is 0 Å². The minimum atomic E-state index is 0.135. The first kappa shape index (κ1) is 13.2. The average molecular weight is 198 g/mol. The predicted octanol–water partition coefficient (Wildman–Crippen LogP) is 1.44. The molecule has 82 valence electrons. The number of nitrogens with one attached hydrogen (secondary N) is 1. The number of carbonyl (C=O) groups excluding carboxylic acids is 1. The average Bonchev–Trinajstić information content (AvgIpc) is 2.16. The van der Waals surface area contributed by atoms with Crippen molar-refractivity contribution in [2.24, 2.45) is 11.7 Å². The Balaban J connectivity index is 3.38. The highest BCUT2D eigenvalue weighted by Gasteiger charge is 2.04. The molecule has 0 aliphatic rings. The van der Waals surface area contributed by atoms with Crippen LogP contribution in [-0.4, -0.2) is 19.0 Å². The zero-order valence-electron chi connectivity index (χ0n) is 9.09. The van der Waals surface area contributed by atoms with Gasteiger partial charge in [0, 0.05) is 13.0 Å². The quantitative estimate of drug-likeness (QED) is 0.458. The second-order valence-electron chi connectivity index (χ2n) is 3.65. The summed E-state index contributed by atoms with van der Waals surface area (Å²) in [5.41, 5.74) is 5.42. The molecule has 0 aliphatic carbocycles. The molecule has 0 aliphatic heterocycles. The summed E-state index contributed by atoms with van der Waals surface area (Å²) in [6, 6.07) is 0. The fourth-order valence-electron chi connectivity index (χ4n) is 1.21. The van der Waals surface area contributed by atoms with E-state index < -0.39 is 0 Å². The topological polar surface area (TPSA) is 55.1 Å². The van der Waals surface area contributed by atoms with Gasteiger partial charge in [-0.1, -0.05) is 13.0 Å². The van der Waals surface area contributed by atoms with E-state index in [0.717, 1.165) is 19.3 Å². The summed E-state index contributed by atoms with van der Waals surface area (Å²) >= 11 is 0. The van der Waals surface area contributed by atoms with E-state index in [0.29, 0.717) is 25.4 Å². The van der Waals surface area contributed by atoms with Gasteiger partial charge in [-0.15, -0.1) is 6.58 Å². The van der Waals surface area contributed by atoms with Gasteiger partial charge in [-0.05, 0) is 31.7 Å². The van der Waals surface area contributed by atoms with Gasteiger partial charge in [-0.25, -0.2) is 0 Å². The third kappa shape index (κ3) is 7.80. The van der Waals surface area contributed by atoms with Gasteiger partial charge in [0.2, 0.25) is 5.91 Å². The number of carbonyl (C=O) groups is 1. The maximum atomic E-state index is 11.2. The van der Waals surface area contributed by atoms with Gasteiger partial charge < -0.3 is 11.1 Å². The predicted molar refractivity (Wildman–Crippen MR) is 59.9 cm³/mol. The van der Waals surface area contributed by atoms with Crippen LogP contribution in [0.3, 0.4) is 0 Å². The van der Waals surface area contributed by atoms with Crippen molar-refractivity contribution in [3.63, 3.8) is 0 Å². The molecule has 3 heteroatoms. The van der Waals surface area contributed by atoms with Gasteiger partial charge in [-0.3, -0.25) is 4.79 Å². The molecule has 0 aromatic carbocycles. The fraction of sp³-hybridized carbons (Fsp3) is 0.727. The van der Waals surface area contributed by atoms with E-state index in [4.69, 9.17) is 5.73 Å². The summed E-state index contributed by atoms with van der Waals surface area (Å²) in [6.07, 6.45) is 5.18. The molecule has 0 aromatic heterocycles. The lowest BCUT2D eigenvalue weighted by Crippen LogP contribution is -2.24. The summed E-state index contributed by atoms with van der Waals surface area (Å²) in [7, 11) is 0. The number of rotatable bonds is 8. The van der Waals surface area contributed by atoms with Gasteiger partial charge in [0.05, 0.1) is 0 Å². The van der Waals surface area contributed by atoms with Crippen molar-refractivity contribution in [2.45, 2.75) is 32.6 Å². The van der Waals surface area contributed by atoms with Gasteiger partial charge >= 0.3 is 0 Å². The fourth-order valence-corrected chi connectivity index (χ4v) is 1.21. The van der Waals surface area contributed by atoms with E-state index in [1.54, 1.807) is 6.08 Å². The smallest absolute Gasteiger partial charge is 0.220 e. The van der Waals surface area contributed by atoms with Crippen LogP contribution >= 0.6 is 0 Å². The molecule has 0 rings (SSSR count). The lowest BCUT2D eigenvalue weighted by molar-refractivity contribution is -0.121. The largest absolute Gasteiger partial charge is 0.356 e. The van der Waals surface area contributed by atoms with Gasteiger partial charge in [0.1, 0.15) is 0 Å². The Morgan fingerprint density at radius 3 is 2.86 bits per heavy atom. The van der Waals surface area contributed by atoms with Crippen LogP contribution in [0.2, 0.25) is 0 Å². The van der Waals surface area contributed by atoms with Crippen LogP contribution in [0.5, 0.6) is 0 Å². The molecule has 1 amide bonds. The van der Waals surface area contributed by atoms with Crippen molar-refractivity contribution >= 4 is 5.91 Å². The van der Waals surface area contributed by atoms with Crippen LogP contribution in [0, 0.1) is 5.92 Å². The van der Waals surface area contributed by atoms with Gasteiger partial charge in [0.15, 0.2) is 0 Å². The van der Waals surface area contributed by atoms with Crippen LogP contribution in [-0.2, 0) is 4.79 Å². The van der Waals surface area contributed by atoms with E-state index in [1.807, 2.05) is 0 Å². The Morgan fingerprint density at radius 2 is 2.29 bits per heavy atom. The van der Waals surface area contributed by atoms with Gasteiger partial charge in [0.25, 0.3) is 0 Å². The summed E-state index contributed by atoms with van der Waals surface area (Å²) in [5, 5.41) is 2.84. The number of hydrogen-bond acceptors (Lipinski definition) is 2. The van der Waals surface area contributed by atoms with E-state index in [9.17, 15) is 4.79 Å². The summed E-state index contributed by atoms with van der Waals surface area (Å²) in [4.78, 5) is 11.2. The highest BCUT2D eigenvalue weighted by Crippen LogP contribution is 2.08. The van der Waals surface area contributed by atoms with Crippen LogP contribution in [0.15, 0.2) is 12.7 Å². The number of amides is 1. The third-order valence-corrected chi connectivity index (χ3v) is 2.19. The first-order valence-electron chi connectivity index (χ1n) is 5.28. The summed E-state index contributed by atoms with van der Waals surface area (Å²) in [6.45, 7) is 7.13. The first-order chi connectivity index (χ1) is 6.70. The van der Waals surface area contributed by atoms with E-state index in [2.05, 4.69) is 18.8 Å². The molecule has 0 radical (unpaired) electrons. The lowest BCUT2D eigenvalue weighted by Gasteiger charge is -2.09. The SMILES string of the molecule is C=CCCNC(=O)CCC(C)CCN. The van der Waals surface area contributed by atoms with E-state index >= 15 is 0 Å². The van der Waals surface area contributed by atoms with E-state index in [-0.39, 0.29) is 5.91 Å². The van der Waals surface area contributed by atoms with E-state index in [1.165, 1.54) is 0 Å². The maximum Gasteiger partial charge on any atom is 0.220 e. The van der Waals surface area contributed by atoms with Crippen molar-refractivity contribution in [3.05, 3.63) is 12.7 Å². The molecular formula is C11H22N2O. The van der Waals surface area contributed by atoms with Crippen LogP contribution < -0.4 is 11.1 Å². The molecule has 0 saturated heterocycles. The van der Waals surface area contributed by atoms with Crippen LogP contribution in [0.1, 0.15) is 32.6 Å². The summed E-state index contributed by atoms with van der Waals surface area (Å²) < 4.78 is 0. The lowest BCUT2D eigenvalue weighted by atomic mass is 10.0. The first-order valence-corrected chi connectivity index (χ1v) is 5.28. The molecule has 1 unspecified atom stereocenters. The molecule has 0 fully saturated rings. The Bertz CT molecular complexity index is 169. The minimum Gasteiger partial charge on any atom is -0.356 e. The Hall–Kier alpha value is -0.830. The Kier molecular flexibility index (Phi) is 8.24. The highest BCUT2D eigenvalue weighted by molar-refractivity contribution is 5.75. The molecule has 0 heterocycles. The van der Waals surface area contributed by atoms with Gasteiger partial charge in [-0.2, -0.15) is 0 Å². The molecule has 1 atom stereocenters. The normalized spacial score (nSPS) is 12.1. The zero-order chi connectivity index (χ0) is 10.8. The van der Waals surface area contributed by atoms with Crippen molar-refractivity contribution in [2.75, 3.05) is 13.1 Å². The molecule has 14 heavy (non-hydrogen) atoms. The maximum absolute atomic E-state index is 11.2. The standard InChI is InChI=1S/C11H22N2O/c1-3-4-9-13-11(14)6-5-10(2)7-8-12/h3,10H,1,4-9,12H2,2H3,(H,13,14). The number of hydrogen-bond donors (Lipinski definition) is 2. The second-order valence-corrected chi connectivity index (χ2v) is 3.65. The molecule has 0 bridgehead atoms. The van der Waals surface area contributed by atoms with Crippen LogP contribution in [0.25, 0.3) is 0 Å². The zero-order valence-corrected chi connectivity index (χ0v) is 9.09. The van der Waals surface area contributed by atoms with Crippen molar-refractivity contribution in [1.82, 2.24) is 5.32 Å². The highest BCUT2D eigenvalue weighted by atomic mass is 16.1. The van der Waals surface area contributed by atoms with Crippen LogP contribution in [0.4, 0.5) is 0 Å². The molecule has 0 saturated carbocycles.